The van der Waals surface area contributed by atoms with E-state index in [0.29, 0.717) is 0 Å². The summed E-state index contributed by atoms with van der Waals surface area (Å²) < 4.78 is 5.47. The van der Waals surface area contributed by atoms with Crippen molar-refractivity contribution in [2.24, 2.45) is 0 Å². The third kappa shape index (κ3) is 2.92. The SMILES string of the molecule is CN1C=C(c2ccccc2CN2CCOCC2)c2cc[nH]c2C1. The molecule has 0 aliphatic carbocycles. The van der Waals surface area contributed by atoms with Gasteiger partial charge in [0.1, 0.15) is 0 Å². The Balaban J connectivity index is 1.69. The van der Waals surface area contributed by atoms with Crippen molar-refractivity contribution in [1.29, 1.82) is 0 Å². The van der Waals surface area contributed by atoms with Gasteiger partial charge >= 0.3 is 0 Å². The Labute approximate surface area is 137 Å². The first kappa shape index (κ1) is 14.5. The van der Waals surface area contributed by atoms with Crippen molar-refractivity contribution in [3.05, 3.63) is 65.1 Å². The zero-order chi connectivity index (χ0) is 15.6. The van der Waals surface area contributed by atoms with Crippen molar-refractivity contribution in [2.75, 3.05) is 33.4 Å². The lowest BCUT2D eigenvalue weighted by Crippen LogP contribution is -2.35. The van der Waals surface area contributed by atoms with Gasteiger partial charge in [-0.1, -0.05) is 24.3 Å². The highest BCUT2D eigenvalue weighted by Gasteiger charge is 2.20. The van der Waals surface area contributed by atoms with E-state index in [9.17, 15) is 0 Å². The van der Waals surface area contributed by atoms with Gasteiger partial charge in [0.15, 0.2) is 0 Å². The molecule has 2 aromatic rings. The predicted molar refractivity (Wildman–Crippen MR) is 91.9 cm³/mol. The van der Waals surface area contributed by atoms with E-state index in [0.717, 1.165) is 39.4 Å². The van der Waals surface area contributed by atoms with Crippen LogP contribution in [0.4, 0.5) is 0 Å². The monoisotopic (exact) mass is 309 g/mol. The number of morpholine rings is 1. The number of ether oxygens (including phenoxy) is 1. The maximum Gasteiger partial charge on any atom is 0.0594 e. The molecular weight excluding hydrogens is 286 g/mol. The fraction of sp³-hybridized carbons (Fsp3) is 0.368. The molecule has 1 aromatic heterocycles. The molecule has 1 N–H and O–H groups in total. The third-order valence-electron chi connectivity index (χ3n) is 4.69. The second-order valence-corrected chi connectivity index (χ2v) is 6.37. The predicted octanol–water partition coefficient (Wildman–Crippen LogP) is 2.68. The molecule has 120 valence electrons. The minimum absolute atomic E-state index is 0.843. The van der Waals surface area contributed by atoms with Gasteiger partial charge in [0.05, 0.1) is 19.8 Å². The zero-order valence-electron chi connectivity index (χ0n) is 13.6. The zero-order valence-corrected chi connectivity index (χ0v) is 13.6. The second-order valence-electron chi connectivity index (χ2n) is 6.37. The molecule has 0 amide bonds. The number of aromatic amines is 1. The number of rotatable bonds is 3. The summed E-state index contributed by atoms with van der Waals surface area (Å²) in [7, 11) is 2.13. The van der Waals surface area contributed by atoms with Gasteiger partial charge < -0.3 is 14.6 Å². The Bertz CT molecular complexity index is 713. The average Bonchev–Trinajstić information content (AvgIpc) is 3.04. The summed E-state index contributed by atoms with van der Waals surface area (Å²) in [6.07, 6.45) is 4.32. The van der Waals surface area contributed by atoms with E-state index in [1.54, 1.807) is 0 Å². The van der Waals surface area contributed by atoms with Gasteiger partial charge in [-0.05, 0) is 17.2 Å². The number of H-pyrrole nitrogens is 1. The maximum absolute atomic E-state index is 5.47. The van der Waals surface area contributed by atoms with E-state index in [2.05, 4.69) is 58.4 Å². The minimum atomic E-state index is 0.843. The van der Waals surface area contributed by atoms with E-state index >= 15 is 0 Å². The first-order valence-corrected chi connectivity index (χ1v) is 8.28. The number of nitrogens with zero attached hydrogens (tertiary/aromatic N) is 2. The topological polar surface area (TPSA) is 31.5 Å². The average molecular weight is 309 g/mol. The molecule has 1 saturated heterocycles. The lowest BCUT2D eigenvalue weighted by molar-refractivity contribution is 0.0341. The largest absolute Gasteiger partial charge is 0.379 e. The first-order valence-electron chi connectivity index (χ1n) is 8.28. The van der Waals surface area contributed by atoms with Crippen LogP contribution in [0.1, 0.15) is 22.4 Å². The van der Waals surface area contributed by atoms with Crippen molar-refractivity contribution in [2.45, 2.75) is 13.1 Å². The van der Waals surface area contributed by atoms with E-state index in [-0.39, 0.29) is 0 Å². The van der Waals surface area contributed by atoms with Crippen LogP contribution in [0.3, 0.4) is 0 Å². The van der Waals surface area contributed by atoms with Gasteiger partial charge in [0.25, 0.3) is 0 Å². The third-order valence-corrected chi connectivity index (χ3v) is 4.69. The standard InChI is InChI=1S/C19H23N3O/c1-21-13-18(17-6-7-20-19(17)14-21)16-5-3-2-4-15(16)12-22-8-10-23-11-9-22/h2-7,13,20H,8-12,14H2,1H3. The van der Waals surface area contributed by atoms with Crippen LogP contribution >= 0.6 is 0 Å². The van der Waals surface area contributed by atoms with Crippen LogP contribution in [-0.4, -0.2) is 48.1 Å². The molecule has 3 heterocycles. The molecule has 4 rings (SSSR count). The van der Waals surface area contributed by atoms with E-state index in [1.807, 2.05) is 6.20 Å². The Kier molecular flexibility index (Phi) is 3.93. The van der Waals surface area contributed by atoms with Gasteiger partial charge in [-0.15, -0.1) is 0 Å². The Morgan fingerprint density at radius 2 is 1.91 bits per heavy atom. The number of hydrogen-bond donors (Lipinski definition) is 1. The van der Waals surface area contributed by atoms with E-state index < -0.39 is 0 Å². The lowest BCUT2D eigenvalue weighted by Gasteiger charge is -2.29. The lowest BCUT2D eigenvalue weighted by atomic mass is 9.92. The summed E-state index contributed by atoms with van der Waals surface area (Å²) in [5, 5.41) is 0. The van der Waals surface area contributed by atoms with E-state index in [4.69, 9.17) is 4.74 Å². The van der Waals surface area contributed by atoms with Crippen LogP contribution in [0.5, 0.6) is 0 Å². The summed E-state index contributed by atoms with van der Waals surface area (Å²) in [6.45, 7) is 5.65. The van der Waals surface area contributed by atoms with Crippen molar-refractivity contribution in [3.8, 4) is 0 Å². The molecule has 23 heavy (non-hydrogen) atoms. The molecule has 1 aromatic carbocycles. The van der Waals surface area contributed by atoms with Crippen LogP contribution in [0.15, 0.2) is 42.7 Å². The molecule has 0 saturated carbocycles. The number of aromatic nitrogens is 1. The fourth-order valence-corrected chi connectivity index (χ4v) is 3.51. The van der Waals surface area contributed by atoms with Crippen molar-refractivity contribution >= 4 is 5.57 Å². The quantitative estimate of drug-likeness (QED) is 0.946. The summed E-state index contributed by atoms with van der Waals surface area (Å²) in [5.41, 5.74) is 6.68. The van der Waals surface area contributed by atoms with Gasteiger partial charge in [-0.3, -0.25) is 4.90 Å². The van der Waals surface area contributed by atoms with Crippen LogP contribution in [-0.2, 0) is 17.8 Å². The van der Waals surface area contributed by atoms with Gasteiger partial charge in [0, 0.05) is 55.9 Å². The summed E-state index contributed by atoms with van der Waals surface area (Å²) in [6, 6.07) is 11.0. The smallest absolute Gasteiger partial charge is 0.0594 e. The molecule has 0 unspecified atom stereocenters. The summed E-state index contributed by atoms with van der Waals surface area (Å²) in [5.74, 6) is 0. The fourth-order valence-electron chi connectivity index (χ4n) is 3.51. The number of benzene rings is 1. The molecule has 1 fully saturated rings. The summed E-state index contributed by atoms with van der Waals surface area (Å²) >= 11 is 0. The van der Waals surface area contributed by atoms with Crippen LogP contribution < -0.4 is 0 Å². The molecular formula is C19H23N3O. The molecule has 2 aliphatic heterocycles. The van der Waals surface area contributed by atoms with Crippen LogP contribution in [0.25, 0.3) is 5.57 Å². The molecule has 4 nitrogen and oxygen atoms in total. The van der Waals surface area contributed by atoms with Crippen molar-refractivity contribution in [1.82, 2.24) is 14.8 Å². The first-order chi connectivity index (χ1) is 11.3. The van der Waals surface area contributed by atoms with Gasteiger partial charge in [0.2, 0.25) is 0 Å². The second kappa shape index (κ2) is 6.22. The maximum atomic E-state index is 5.47. The Morgan fingerprint density at radius 3 is 2.78 bits per heavy atom. The Hall–Kier alpha value is -2.04. The van der Waals surface area contributed by atoms with Crippen molar-refractivity contribution in [3.63, 3.8) is 0 Å². The summed E-state index contributed by atoms with van der Waals surface area (Å²) in [4.78, 5) is 8.11. The molecule has 0 radical (unpaired) electrons. The number of fused-ring (bicyclic) bond motifs is 1. The number of nitrogens with one attached hydrogen (secondary N) is 1. The molecule has 4 heteroatoms. The van der Waals surface area contributed by atoms with Crippen molar-refractivity contribution < 1.29 is 4.74 Å². The number of hydrogen-bond acceptors (Lipinski definition) is 3. The van der Waals surface area contributed by atoms with Crippen LogP contribution in [0, 0.1) is 0 Å². The highest BCUT2D eigenvalue weighted by atomic mass is 16.5. The highest BCUT2D eigenvalue weighted by molar-refractivity contribution is 5.83. The van der Waals surface area contributed by atoms with Gasteiger partial charge in [-0.2, -0.15) is 0 Å². The minimum Gasteiger partial charge on any atom is -0.379 e. The normalized spacial score (nSPS) is 18.7. The molecule has 0 spiro atoms. The van der Waals surface area contributed by atoms with Gasteiger partial charge in [-0.25, -0.2) is 0 Å². The van der Waals surface area contributed by atoms with Crippen LogP contribution in [0.2, 0.25) is 0 Å². The van der Waals surface area contributed by atoms with E-state index in [1.165, 1.54) is 28.0 Å². The highest BCUT2D eigenvalue weighted by Crippen LogP contribution is 2.33. The molecule has 0 atom stereocenters. The Morgan fingerprint density at radius 1 is 1.09 bits per heavy atom. The molecule has 2 aliphatic rings. The molecule has 0 bridgehead atoms.